The maximum Gasteiger partial charge on any atom is 0.238 e. The third-order valence-electron chi connectivity index (χ3n) is 3.91. The first-order valence-corrected chi connectivity index (χ1v) is 9.33. The number of benzene rings is 2. The zero-order chi connectivity index (χ0) is 20.1. The molecule has 3 rings (SSSR count). The number of hydrogen-bond donors (Lipinski definition) is 1. The number of thioether (sulfide) groups is 1. The second-order valence-corrected chi connectivity index (χ2v) is 7.14. The van der Waals surface area contributed by atoms with Crippen LogP contribution in [0.3, 0.4) is 0 Å². The van der Waals surface area contributed by atoms with Crippen molar-refractivity contribution >= 4 is 40.1 Å². The van der Waals surface area contributed by atoms with Crippen LogP contribution < -0.4 is 5.32 Å². The summed E-state index contributed by atoms with van der Waals surface area (Å²) in [5, 5.41) is 2.31. The predicted octanol–water partition coefficient (Wildman–Crippen LogP) is 4.11. The quantitative estimate of drug-likeness (QED) is 0.767. The first-order chi connectivity index (χ1) is 13.5. The lowest BCUT2D eigenvalue weighted by molar-refractivity contribution is -0.129. The summed E-state index contributed by atoms with van der Waals surface area (Å²) in [5.74, 6) is -1.45. The van der Waals surface area contributed by atoms with Gasteiger partial charge in [0.2, 0.25) is 11.8 Å². The number of hydrogen-bond acceptors (Lipinski definition) is 4. The Kier molecular flexibility index (Phi) is 6.20. The van der Waals surface area contributed by atoms with Crippen molar-refractivity contribution in [3.63, 3.8) is 0 Å². The standard InChI is InChI=1S/C20H17F2N3O2S/c1-2-11-25-18(26)12-17(19(27)23-15-7-3-13(21)4-8-15)28-20(25)24-16-9-5-14(22)6-10-16/h2-10,17H,1,11-12H2,(H,23,27). The van der Waals surface area contributed by atoms with Gasteiger partial charge in [-0.05, 0) is 48.5 Å². The molecule has 1 fully saturated rings. The molecule has 1 N–H and O–H groups in total. The molecule has 1 atom stereocenters. The molecule has 2 aromatic rings. The highest BCUT2D eigenvalue weighted by Gasteiger charge is 2.35. The van der Waals surface area contributed by atoms with Gasteiger partial charge in [0.1, 0.15) is 16.9 Å². The molecule has 0 aromatic heterocycles. The van der Waals surface area contributed by atoms with Crippen molar-refractivity contribution in [2.45, 2.75) is 11.7 Å². The third-order valence-corrected chi connectivity index (χ3v) is 5.09. The molecule has 2 amide bonds. The lowest BCUT2D eigenvalue weighted by Gasteiger charge is -2.31. The number of nitrogens with zero attached hydrogens (tertiary/aromatic N) is 2. The SMILES string of the molecule is C=CCN1C(=O)CC(C(=O)Nc2ccc(F)cc2)SC1=Nc1ccc(F)cc1. The zero-order valence-corrected chi connectivity index (χ0v) is 15.6. The van der Waals surface area contributed by atoms with Crippen LogP contribution in [0.4, 0.5) is 20.2 Å². The van der Waals surface area contributed by atoms with Crippen LogP contribution in [0.15, 0.2) is 66.2 Å². The van der Waals surface area contributed by atoms with Crippen molar-refractivity contribution in [2.24, 2.45) is 4.99 Å². The molecule has 144 valence electrons. The van der Waals surface area contributed by atoms with Gasteiger partial charge in [-0.1, -0.05) is 17.8 Å². The molecular formula is C20H17F2N3O2S. The number of anilines is 1. The van der Waals surface area contributed by atoms with Gasteiger partial charge < -0.3 is 5.32 Å². The summed E-state index contributed by atoms with van der Waals surface area (Å²) in [4.78, 5) is 31.0. The monoisotopic (exact) mass is 401 g/mol. The highest BCUT2D eigenvalue weighted by Crippen LogP contribution is 2.30. The lowest BCUT2D eigenvalue weighted by atomic mass is 10.2. The predicted molar refractivity (Wildman–Crippen MR) is 106 cm³/mol. The number of amides is 2. The Balaban J connectivity index is 1.81. The Morgan fingerprint density at radius 3 is 2.39 bits per heavy atom. The molecule has 0 saturated carbocycles. The largest absolute Gasteiger partial charge is 0.325 e. The molecular weight excluding hydrogens is 384 g/mol. The summed E-state index contributed by atoms with van der Waals surface area (Å²) in [7, 11) is 0. The third kappa shape index (κ3) is 4.83. The molecule has 1 aliphatic rings. The van der Waals surface area contributed by atoms with Crippen LogP contribution in [0.2, 0.25) is 0 Å². The van der Waals surface area contributed by atoms with Crippen LogP contribution in [0.5, 0.6) is 0 Å². The van der Waals surface area contributed by atoms with Gasteiger partial charge in [0.15, 0.2) is 5.17 Å². The fourth-order valence-electron chi connectivity index (χ4n) is 2.53. The van der Waals surface area contributed by atoms with Crippen LogP contribution in [-0.2, 0) is 9.59 Å². The first kappa shape index (κ1) is 19.8. The number of rotatable bonds is 5. The van der Waals surface area contributed by atoms with Crippen LogP contribution in [0.1, 0.15) is 6.42 Å². The minimum Gasteiger partial charge on any atom is -0.325 e. The van der Waals surface area contributed by atoms with Gasteiger partial charge in [0.25, 0.3) is 0 Å². The van der Waals surface area contributed by atoms with E-state index in [-0.39, 0.29) is 24.8 Å². The van der Waals surface area contributed by atoms with E-state index in [0.29, 0.717) is 16.5 Å². The average Bonchev–Trinajstić information content (AvgIpc) is 2.68. The minimum atomic E-state index is -0.696. The molecule has 0 aliphatic carbocycles. The molecule has 0 spiro atoms. The summed E-state index contributed by atoms with van der Waals surface area (Å²) >= 11 is 1.14. The van der Waals surface area contributed by atoms with Gasteiger partial charge >= 0.3 is 0 Å². The van der Waals surface area contributed by atoms with E-state index in [4.69, 9.17) is 0 Å². The van der Waals surface area contributed by atoms with Crippen molar-refractivity contribution in [3.8, 4) is 0 Å². The van der Waals surface area contributed by atoms with E-state index in [2.05, 4.69) is 16.9 Å². The molecule has 28 heavy (non-hydrogen) atoms. The highest BCUT2D eigenvalue weighted by molar-refractivity contribution is 8.15. The summed E-state index contributed by atoms with van der Waals surface area (Å²) in [6.07, 6.45) is 1.56. The van der Waals surface area contributed by atoms with Crippen molar-refractivity contribution in [2.75, 3.05) is 11.9 Å². The number of amidine groups is 1. The molecule has 0 radical (unpaired) electrons. The number of aliphatic imine (C=N–C) groups is 1. The zero-order valence-electron chi connectivity index (χ0n) is 14.8. The van der Waals surface area contributed by atoms with Gasteiger partial charge in [-0.2, -0.15) is 0 Å². The molecule has 2 aromatic carbocycles. The topological polar surface area (TPSA) is 61.8 Å². The Morgan fingerprint density at radius 1 is 1.18 bits per heavy atom. The van der Waals surface area contributed by atoms with Crippen molar-refractivity contribution in [1.82, 2.24) is 4.90 Å². The Hall–Kier alpha value is -3.00. The minimum absolute atomic E-state index is 0.00598. The number of carbonyl (C=O) groups is 2. The second kappa shape index (κ2) is 8.79. The van der Waals surface area contributed by atoms with E-state index in [1.807, 2.05) is 0 Å². The van der Waals surface area contributed by atoms with E-state index in [0.717, 1.165) is 11.8 Å². The molecule has 1 heterocycles. The van der Waals surface area contributed by atoms with Gasteiger partial charge in [-0.15, -0.1) is 6.58 Å². The van der Waals surface area contributed by atoms with Crippen LogP contribution in [0, 0.1) is 11.6 Å². The van der Waals surface area contributed by atoms with Gasteiger partial charge in [0.05, 0.1) is 5.69 Å². The summed E-state index contributed by atoms with van der Waals surface area (Å²) in [5.41, 5.74) is 0.898. The van der Waals surface area contributed by atoms with Gasteiger partial charge in [0, 0.05) is 18.7 Å². The van der Waals surface area contributed by atoms with E-state index >= 15 is 0 Å². The fraction of sp³-hybridized carbons (Fsp3) is 0.150. The molecule has 1 saturated heterocycles. The number of carbonyl (C=O) groups excluding carboxylic acids is 2. The van der Waals surface area contributed by atoms with Gasteiger partial charge in [-0.3, -0.25) is 14.5 Å². The Labute approximate surface area is 165 Å². The van der Waals surface area contributed by atoms with Crippen molar-refractivity contribution in [3.05, 3.63) is 72.8 Å². The maximum atomic E-state index is 13.1. The molecule has 1 unspecified atom stereocenters. The second-order valence-electron chi connectivity index (χ2n) is 5.97. The smallest absolute Gasteiger partial charge is 0.238 e. The Bertz CT molecular complexity index is 914. The molecule has 8 heteroatoms. The summed E-state index contributed by atoms with van der Waals surface area (Å²) in [6, 6.07) is 10.9. The normalized spacial score (nSPS) is 18.2. The number of nitrogens with one attached hydrogen (secondary N) is 1. The maximum absolute atomic E-state index is 13.1. The average molecular weight is 401 g/mol. The molecule has 5 nitrogen and oxygen atoms in total. The van der Waals surface area contributed by atoms with E-state index in [1.54, 1.807) is 6.08 Å². The first-order valence-electron chi connectivity index (χ1n) is 8.45. The molecule has 0 bridgehead atoms. The Morgan fingerprint density at radius 2 is 1.79 bits per heavy atom. The van der Waals surface area contributed by atoms with E-state index in [1.165, 1.54) is 53.4 Å². The molecule has 1 aliphatic heterocycles. The van der Waals surface area contributed by atoms with Gasteiger partial charge in [-0.25, -0.2) is 13.8 Å². The van der Waals surface area contributed by atoms with Crippen molar-refractivity contribution in [1.29, 1.82) is 0 Å². The summed E-state index contributed by atoms with van der Waals surface area (Å²) < 4.78 is 26.1. The highest BCUT2D eigenvalue weighted by atomic mass is 32.2. The summed E-state index contributed by atoms with van der Waals surface area (Å²) in [6.45, 7) is 3.89. The fourth-order valence-corrected chi connectivity index (χ4v) is 3.64. The van der Waals surface area contributed by atoms with Crippen molar-refractivity contribution < 1.29 is 18.4 Å². The van der Waals surface area contributed by atoms with E-state index < -0.39 is 16.9 Å². The lowest BCUT2D eigenvalue weighted by Crippen LogP contribution is -2.45. The van der Waals surface area contributed by atoms with Crippen LogP contribution in [-0.4, -0.2) is 33.7 Å². The van der Waals surface area contributed by atoms with E-state index in [9.17, 15) is 18.4 Å². The number of halogens is 2. The van der Waals surface area contributed by atoms with Crippen LogP contribution >= 0.6 is 11.8 Å². The van der Waals surface area contributed by atoms with Crippen LogP contribution in [0.25, 0.3) is 0 Å².